The number of aromatic nitrogens is 1. The Bertz CT molecular complexity index is 1250. The molecule has 0 aliphatic rings. The van der Waals surface area contributed by atoms with E-state index < -0.39 is 0 Å². The van der Waals surface area contributed by atoms with Crippen molar-refractivity contribution in [3.63, 3.8) is 0 Å². The standard InChI is InChI=1S/C23H17N3OS/c1-14-11-15(2)21-20(12-14)28-23(25-21)26-22(27)19-10-6-5-9-18(19)17-8-4-3-7-16(17)13-24/h3-12H,1-2H3,(H,25,26,27). The molecular weight excluding hydrogens is 366 g/mol. The maximum Gasteiger partial charge on any atom is 0.258 e. The fraction of sp³-hybridized carbons (Fsp3) is 0.0870. The molecular formula is C23H17N3OS. The summed E-state index contributed by atoms with van der Waals surface area (Å²) >= 11 is 1.46. The van der Waals surface area contributed by atoms with Gasteiger partial charge in [-0.2, -0.15) is 5.26 Å². The Labute approximate surface area is 167 Å². The molecule has 4 rings (SSSR count). The molecule has 28 heavy (non-hydrogen) atoms. The van der Waals surface area contributed by atoms with Crippen molar-refractivity contribution in [3.05, 3.63) is 82.9 Å². The predicted molar refractivity (Wildman–Crippen MR) is 114 cm³/mol. The molecule has 0 saturated heterocycles. The van der Waals surface area contributed by atoms with E-state index in [1.165, 1.54) is 16.9 Å². The maximum absolute atomic E-state index is 13.0. The smallest absolute Gasteiger partial charge is 0.258 e. The van der Waals surface area contributed by atoms with Gasteiger partial charge in [0.2, 0.25) is 0 Å². The summed E-state index contributed by atoms with van der Waals surface area (Å²) in [6.45, 7) is 4.07. The zero-order valence-corrected chi connectivity index (χ0v) is 16.3. The molecule has 1 heterocycles. The van der Waals surface area contributed by atoms with Gasteiger partial charge in [0.25, 0.3) is 5.91 Å². The maximum atomic E-state index is 13.0. The fourth-order valence-corrected chi connectivity index (χ4v) is 4.36. The largest absolute Gasteiger partial charge is 0.298 e. The molecule has 0 spiro atoms. The summed E-state index contributed by atoms with van der Waals surface area (Å²) in [5, 5.41) is 12.9. The van der Waals surface area contributed by atoms with Gasteiger partial charge in [0.15, 0.2) is 5.13 Å². The van der Waals surface area contributed by atoms with Gasteiger partial charge in [-0.3, -0.25) is 10.1 Å². The zero-order valence-electron chi connectivity index (χ0n) is 15.5. The predicted octanol–water partition coefficient (Wildman–Crippen LogP) is 5.70. The number of hydrogen-bond acceptors (Lipinski definition) is 4. The highest BCUT2D eigenvalue weighted by Crippen LogP contribution is 2.31. The summed E-state index contributed by atoms with van der Waals surface area (Å²) in [5.74, 6) is -0.239. The van der Waals surface area contributed by atoms with Gasteiger partial charge in [-0.25, -0.2) is 4.98 Å². The molecule has 1 amide bonds. The van der Waals surface area contributed by atoms with Crippen LogP contribution < -0.4 is 5.32 Å². The molecule has 0 atom stereocenters. The number of amides is 1. The van der Waals surface area contributed by atoms with Gasteiger partial charge in [-0.1, -0.05) is 53.8 Å². The average molecular weight is 383 g/mol. The molecule has 0 fully saturated rings. The van der Waals surface area contributed by atoms with Gasteiger partial charge in [0, 0.05) is 11.1 Å². The van der Waals surface area contributed by atoms with Crippen LogP contribution in [0.5, 0.6) is 0 Å². The van der Waals surface area contributed by atoms with Crippen LogP contribution in [0.2, 0.25) is 0 Å². The van der Waals surface area contributed by atoms with E-state index in [1.807, 2.05) is 50.2 Å². The number of aryl methyl sites for hydroxylation is 2. The van der Waals surface area contributed by atoms with Crippen LogP contribution in [0, 0.1) is 25.2 Å². The quantitative estimate of drug-likeness (QED) is 0.493. The summed E-state index contributed by atoms with van der Waals surface area (Å²) in [6, 6.07) is 21.0. The molecule has 3 aromatic carbocycles. The number of hydrogen-bond donors (Lipinski definition) is 1. The fourth-order valence-electron chi connectivity index (χ4n) is 3.32. The lowest BCUT2D eigenvalue weighted by molar-refractivity contribution is 0.102. The number of thiazole rings is 1. The van der Waals surface area contributed by atoms with E-state index in [-0.39, 0.29) is 5.91 Å². The third kappa shape index (κ3) is 3.26. The second-order valence-electron chi connectivity index (χ2n) is 6.60. The van der Waals surface area contributed by atoms with Crippen molar-refractivity contribution in [2.24, 2.45) is 0 Å². The van der Waals surface area contributed by atoms with Crippen molar-refractivity contribution in [1.82, 2.24) is 4.98 Å². The van der Waals surface area contributed by atoms with E-state index in [2.05, 4.69) is 28.5 Å². The third-order valence-electron chi connectivity index (χ3n) is 4.56. The van der Waals surface area contributed by atoms with E-state index in [1.54, 1.807) is 12.1 Å². The van der Waals surface area contributed by atoms with Gasteiger partial charge < -0.3 is 0 Å². The molecule has 4 nitrogen and oxygen atoms in total. The van der Waals surface area contributed by atoms with Crippen LogP contribution in [0.1, 0.15) is 27.0 Å². The molecule has 4 aromatic rings. The highest BCUT2D eigenvalue weighted by atomic mass is 32.1. The summed E-state index contributed by atoms with van der Waals surface area (Å²) in [4.78, 5) is 17.6. The number of rotatable bonds is 3. The lowest BCUT2D eigenvalue weighted by atomic mass is 9.95. The molecule has 0 radical (unpaired) electrons. The Hall–Kier alpha value is -3.49. The third-order valence-corrected chi connectivity index (χ3v) is 5.48. The van der Waals surface area contributed by atoms with Crippen LogP contribution in [-0.2, 0) is 0 Å². The van der Waals surface area contributed by atoms with Crippen molar-refractivity contribution < 1.29 is 4.79 Å². The highest BCUT2D eigenvalue weighted by molar-refractivity contribution is 7.22. The highest BCUT2D eigenvalue weighted by Gasteiger charge is 2.16. The van der Waals surface area contributed by atoms with E-state index >= 15 is 0 Å². The molecule has 0 saturated carbocycles. The number of carbonyl (C=O) groups is 1. The first-order valence-corrected chi connectivity index (χ1v) is 9.66. The summed E-state index contributed by atoms with van der Waals surface area (Å²) in [6.07, 6.45) is 0. The second kappa shape index (κ2) is 7.26. The van der Waals surface area contributed by atoms with Crippen LogP contribution in [0.25, 0.3) is 21.3 Å². The monoisotopic (exact) mass is 383 g/mol. The van der Waals surface area contributed by atoms with Crippen molar-refractivity contribution in [2.75, 3.05) is 5.32 Å². The van der Waals surface area contributed by atoms with E-state index in [0.29, 0.717) is 16.3 Å². The average Bonchev–Trinajstić information content (AvgIpc) is 3.10. The number of carbonyl (C=O) groups excluding carboxylic acids is 1. The Balaban J connectivity index is 1.72. The first-order chi connectivity index (χ1) is 13.6. The Morgan fingerprint density at radius 3 is 2.54 bits per heavy atom. The van der Waals surface area contributed by atoms with Crippen molar-refractivity contribution >= 4 is 32.6 Å². The lowest BCUT2D eigenvalue weighted by Crippen LogP contribution is -2.13. The van der Waals surface area contributed by atoms with Crippen LogP contribution in [0.3, 0.4) is 0 Å². The van der Waals surface area contributed by atoms with Crippen LogP contribution in [0.4, 0.5) is 5.13 Å². The lowest BCUT2D eigenvalue weighted by Gasteiger charge is -2.10. The van der Waals surface area contributed by atoms with Gasteiger partial charge in [0.05, 0.1) is 21.8 Å². The number of nitrogens with zero attached hydrogens (tertiary/aromatic N) is 2. The second-order valence-corrected chi connectivity index (χ2v) is 7.64. The van der Waals surface area contributed by atoms with Gasteiger partial charge >= 0.3 is 0 Å². The zero-order chi connectivity index (χ0) is 19.7. The minimum atomic E-state index is -0.239. The minimum Gasteiger partial charge on any atom is -0.298 e. The molecule has 0 bridgehead atoms. The van der Waals surface area contributed by atoms with Gasteiger partial charge in [-0.05, 0) is 48.7 Å². The summed E-state index contributed by atoms with van der Waals surface area (Å²) in [7, 11) is 0. The number of benzene rings is 3. The minimum absolute atomic E-state index is 0.239. The molecule has 136 valence electrons. The Morgan fingerprint density at radius 2 is 1.75 bits per heavy atom. The van der Waals surface area contributed by atoms with Crippen molar-refractivity contribution in [1.29, 1.82) is 5.26 Å². The first kappa shape index (κ1) is 17.9. The van der Waals surface area contributed by atoms with Crippen molar-refractivity contribution in [2.45, 2.75) is 13.8 Å². The van der Waals surface area contributed by atoms with Gasteiger partial charge in [-0.15, -0.1) is 0 Å². The molecule has 5 heteroatoms. The number of nitrogens with one attached hydrogen (secondary N) is 1. The number of nitriles is 1. The molecule has 0 aliphatic carbocycles. The van der Waals surface area contributed by atoms with Crippen LogP contribution in [-0.4, -0.2) is 10.9 Å². The molecule has 0 unspecified atom stereocenters. The number of fused-ring (bicyclic) bond motifs is 1. The summed E-state index contributed by atoms with van der Waals surface area (Å²) in [5.41, 5.74) is 5.69. The van der Waals surface area contributed by atoms with E-state index in [4.69, 9.17) is 0 Å². The van der Waals surface area contributed by atoms with E-state index in [9.17, 15) is 10.1 Å². The molecule has 0 aliphatic heterocycles. The Morgan fingerprint density at radius 1 is 1.04 bits per heavy atom. The molecule has 1 aromatic heterocycles. The van der Waals surface area contributed by atoms with Crippen molar-refractivity contribution in [3.8, 4) is 17.2 Å². The number of anilines is 1. The van der Waals surface area contributed by atoms with Crippen LogP contribution >= 0.6 is 11.3 Å². The SMILES string of the molecule is Cc1cc(C)c2nc(NC(=O)c3ccccc3-c3ccccc3C#N)sc2c1. The summed E-state index contributed by atoms with van der Waals surface area (Å²) < 4.78 is 1.05. The van der Waals surface area contributed by atoms with E-state index in [0.717, 1.165) is 26.9 Å². The molecule has 1 N–H and O–H groups in total. The normalized spacial score (nSPS) is 10.6. The first-order valence-electron chi connectivity index (χ1n) is 8.84. The Kier molecular flexibility index (Phi) is 4.64. The van der Waals surface area contributed by atoms with Crippen LogP contribution in [0.15, 0.2) is 60.7 Å². The topological polar surface area (TPSA) is 65.8 Å². The van der Waals surface area contributed by atoms with Gasteiger partial charge in [0.1, 0.15) is 0 Å².